The third-order valence-corrected chi connectivity index (χ3v) is 3.66. The van der Waals surface area contributed by atoms with Gasteiger partial charge >= 0.3 is 0 Å². The lowest BCUT2D eigenvalue weighted by Gasteiger charge is -2.07. The van der Waals surface area contributed by atoms with Gasteiger partial charge in [0, 0.05) is 17.5 Å². The maximum Gasteiger partial charge on any atom is 0.122 e. The van der Waals surface area contributed by atoms with Crippen molar-refractivity contribution in [3.8, 4) is 0 Å². The maximum absolute atomic E-state index is 7.40. The molecule has 2 aromatic rings. The number of aryl methyl sites for hydroxylation is 1. The Labute approximate surface area is 111 Å². The number of hydrogen-bond acceptors (Lipinski definition) is 3. The average Bonchev–Trinajstić information content (AvgIpc) is 2.38. The molecule has 18 heavy (non-hydrogen) atoms. The Morgan fingerprint density at radius 2 is 2.17 bits per heavy atom. The van der Waals surface area contributed by atoms with Gasteiger partial charge in [-0.05, 0) is 36.2 Å². The van der Waals surface area contributed by atoms with Gasteiger partial charge in [-0.15, -0.1) is 11.8 Å². The SMILES string of the molecule is Cc1cc(C(=N)N)ccc1CSc1ccccn1. The molecular formula is C14H15N3S. The number of hydrogen-bond donors (Lipinski definition) is 2. The Hall–Kier alpha value is -1.81. The lowest BCUT2D eigenvalue weighted by Crippen LogP contribution is -2.11. The van der Waals surface area contributed by atoms with Gasteiger partial charge in [0.1, 0.15) is 5.84 Å². The van der Waals surface area contributed by atoms with Gasteiger partial charge in [-0.3, -0.25) is 5.41 Å². The normalized spacial score (nSPS) is 10.3. The molecular weight excluding hydrogens is 242 g/mol. The molecule has 0 atom stereocenters. The summed E-state index contributed by atoms with van der Waals surface area (Å²) < 4.78 is 0. The van der Waals surface area contributed by atoms with Crippen LogP contribution in [-0.2, 0) is 5.75 Å². The zero-order valence-corrected chi connectivity index (χ0v) is 11.0. The van der Waals surface area contributed by atoms with Crippen LogP contribution in [0.25, 0.3) is 0 Å². The van der Waals surface area contributed by atoms with Gasteiger partial charge in [0.25, 0.3) is 0 Å². The predicted octanol–water partition coefficient (Wildman–Crippen LogP) is 2.97. The van der Waals surface area contributed by atoms with E-state index in [9.17, 15) is 0 Å². The number of pyridine rings is 1. The van der Waals surface area contributed by atoms with E-state index in [0.29, 0.717) is 0 Å². The lowest BCUT2D eigenvalue weighted by atomic mass is 10.1. The summed E-state index contributed by atoms with van der Waals surface area (Å²) in [6, 6.07) is 11.8. The Morgan fingerprint density at radius 1 is 1.33 bits per heavy atom. The molecule has 0 saturated heterocycles. The van der Waals surface area contributed by atoms with Crippen molar-refractivity contribution in [3.63, 3.8) is 0 Å². The molecule has 4 heteroatoms. The number of amidine groups is 1. The second-order valence-electron chi connectivity index (χ2n) is 4.01. The Balaban J connectivity index is 2.08. The Morgan fingerprint density at radius 3 is 2.78 bits per heavy atom. The average molecular weight is 257 g/mol. The molecule has 0 aliphatic heterocycles. The number of nitrogens with one attached hydrogen (secondary N) is 1. The Bertz CT molecular complexity index is 552. The van der Waals surface area contributed by atoms with Gasteiger partial charge in [-0.25, -0.2) is 4.98 Å². The first kappa shape index (κ1) is 12.6. The molecule has 0 bridgehead atoms. The van der Waals surface area contributed by atoms with Crippen molar-refractivity contribution in [2.45, 2.75) is 17.7 Å². The van der Waals surface area contributed by atoms with Crippen LogP contribution in [0.4, 0.5) is 0 Å². The molecule has 0 aliphatic carbocycles. The summed E-state index contributed by atoms with van der Waals surface area (Å²) in [5.74, 6) is 0.989. The fourth-order valence-electron chi connectivity index (χ4n) is 1.61. The second kappa shape index (κ2) is 5.69. The van der Waals surface area contributed by atoms with Crippen molar-refractivity contribution in [2.75, 3.05) is 0 Å². The van der Waals surface area contributed by atoms with Gasteiger partial charge in [0.15, 0.2) is 0 Å². The standard InChI is InChI=1S/C14H15N3S/c1-10-8-11(14(15)16)5-6-12(10)9-18-13-4-2-3-7-17-13/h2-8H,9H2,1H3,(H3,15,16). The van der Waals surface area contributed by atoms with Crippen molar-refractivity contribution >= 4 is 17.6 Å². The van der Waals surface area contributed by atoms with Crippen molar-refractivity contribution < 1.29 is 0 Å². The van der Waals surface area contributed by atoms with Crippen molar-refractivity contribution in [2.24, 2.45) is 5.73 Å². The number of nitrogens with two attached hydrogens (primary N) is 1. The zero-order chi connectivity index (χ0) is 13.0. The summed E-state index contributed by atoms with van der Waals surface area (Å²) in [6.07, 6.45) is 1.80. The molecule has 0 radical (unpaired) electrons. The minimum Gasteiger partial charge on any atom is -0.384 e. The van der Waals surface area contributed by atoms with E-state index in [1.54, 1.807) is 18.0 Å². The third kappa shape index (κ3) is 3.11. The van der Waals surface area contributed by atoms with E-state index < -0.39 is 0 Å². The molecule has 0 unspecified atom stereocenters. The highest BCUT2D eigenvalue weighted by molar-refractivity contribution is 7.98. The fraction of sp³-hybridized carbons (Fsp3) is 0.143. The van der Waals surface area contributed by atoms with Gasteiger partial charge in [0.2, 0.25) is 0 Å². The molecule has 0 amide bonds. The molecule has 2 rings (SSSR count). The molecule has 3 N–H and O–H groups in total. The van der Waals surface area contributed by atoms with E-state index in [4.69, 9.17) is 11.1 Å². The number of rotatable bonds is 4. The van der Waals surface area contributed by atoms with Crippen LogP contribution in [0, 0.1) is 12.3 Å². The summed E-state index contributed by atoms with van der Waals surface area (Å²) in [6.45, 7) is 2.04. The predicted molar refractivity (Wildman–Crippen MR) is 76.0 cm³/mol. The van der Waals surface area contributed by atoms with Crippen LogP contribution in [-0.4, -0.2) is 10.8 Å². The summed E-state index contributed by atoms with van der Waals surface area (Å²) in [5, 5.41) is 8.42. The number of thioether (sulfide) groups is 1. The van der Waals surface area contributed by atoms with Gasteiger partial charge in [-0.2, -0.15) is 0 Å². The number of aromatic nitrogens is 1. The van der Waals surface area contributed by atoms with Gasteiger partial charge in [-0.1, -0.05) is 18.2 Å². The van der Waals surface area contributed by atoms with Crippen LogP contribution in [0.1, 0.15) is 16.7 Å². The highest BCUT2D eigenvalue weighted by Crippen LogP contribution is 2.22. The van der Waals surface area contributed by atoms with E-state index in [-0.39, 0.29) is 5.84 Å². The van der Waals surface area contributed by atoms with E-state index in [0.717, 1.165) is 21.9 Å². The summed E-state index contributed by atoms with van der Waals surface area (Å²) in [7, 11) is 0. The van der Waals surface area contributed by atoms with Gasteiger partial charge in [0.05, 0.1) is 5.03 Å². The zero-order valence-electron chi connectivity index (χ0n) is 10.2. The fourth-order valence-corrected chi connectivity index (χ4v) is 2.55. The second-order valence-corrected chi connectivity index (χ2v) is 5.01. The molecule has 0 saturated carbocycles. The molecule has 1 aromatic heterocycles. The smallest absolute Gasteiger partial charge is 0.122 e. The first-order valence-electron chi connectivity index (χ1n) is 5.64. The van der Waals surface area contributed by atoms with Crippen LogP contribution in [0.2, 0.25) is 0 Å². The topological polar surface area (TPSA) is 62.8 Å². The van der Waals surface area contributed by atoms with Crippen LogP contribution in [0.5, 0.6) is 0 Å². The number of nitrogens with zero attached hydrogens (tertiary/aromatic N) is 1. The summed E-state index contributed by atoms with van der Waals surface area (Å²) >= 11 is 1.71. The molecule has 1 aromatic carbocycles. The lowest BCUT2D eigenvalue weighted by molar-refractivity contribution is 1.13. The van der Waals surface area contributed by atoms with Crippen LogP contribution < -0.4 is 5.73 Å². The minimum absolute atomic E-state index is 0.113. The van der Waals surface area contributed by atoms with Crippen molar-refractivity contribution in [1.29, 1.82) is 5.41 Å². The summed E-state index contributed by atoms with van der Waals surface area (Å²) in [5.41, 5.74) is 8.65. The molecule has 0 aliphatic rings. The van der Waals surface area contributed by atoms with Crippen LogP contribution >= 0.6 is 11.8 Å². The monoisotopic (exact) mass is 257 g/mol. The van der Waals surface area contributed by atoms with Crippen molar-refractivity contribution in [3.05, 3.63) is 59.3 Å². The number of nitrogen functional groups attached to an aromatic ring is 1. The molecule has 0 fully saturated rings. The van der Waals surface area contributed by atoms with Crippen molar-refractivity contribution in [1.82, 2.24) is 4.98 Å². The Kier molecular flexibility index (Phi) is 3.99. The summed E-state index contributed by atoms with van der Waals surface area (Å²) in [4.78, 5) is 4.28. The first-order valence-corrected chi connectivity index (χ1v) is 6.63. The molecule has 1 heterocycles. The quantitative estimate of drug-likeness (QED) is 0.503. The molecule has 3 nitrogen and oxygen atoms in total. The number of benzene rings is 1. The first-order chi connectivity index (χ1) is 8.66. The van der Waals surface area contributed by atoms with E-state index in [1.165, 1.54) is 5.56 Å². The van der Waals surface area contributed by atoms with E-state index in [2.05, 4.69) is 4.98 Å². The van der Waals surface area contributed by atoms with Crippen LogP contribution in [0.3, 0.4) is 0 Å². The largest absolute Gasteiger partial charge is 0.384 e. The third-order valence-electron chi connectivity index (χ3n) is 2.67. The highest BCUT2D eigenvalue weighted by Gasteiger charge is 2.03. The van der Waals surface area contributed by atoms with Crippen LogP contribution in [0.15, 0.2) is 47.6 Å². The van der Waals surface area contributed by atoms with Gasteiger partial charge < -0.3 is 5.73 Å². The van der Waals surface area contributed by atoms with E-state index >= 15 is 0 Å². The molecule has 0 spiro atoms. The maximum atomic E-state index is 7.40. The van der Waals surface area contributed by atoms with E-state index in [1.807, 2.05) is 43.3 Å². The minimum atomic E-state index is 0.113. The molecule has 92 valence electrons. The highest BCUT2D eigenvalue weighted by atomic mass is 32.2.